The first-order valence-electron chi connectivity index (χ1n) is 6.27. The Labute approximate surface area is 87.1 Å². The monoisotopic (exact) mass is 197 g/mol. The Kier molecular flexibility index (Phi) is 3.82. The zero-order valence-corrected chi connectivity index (χ0v) is 9.04. The van der Waals surface area contributed by atoms with Crippen molar-refractivity contribution in [3.8, 4) is 0 Å². The molecule has 1 atom stereocenters. The molecule has 0 saturated heterocycles. The first-order valence-corrected chi connectivity index (χ1v) is 6.27. The van der Waals surface area contributed by atoms with E-state index in [1.165, 1.54) is 51.4 Å². The highest BCUT2D eigenvalue weighted by molar-refractivity contribution is 4.88. The summed E-state index contributed by atoms with van der Waals surface area (Å²) in [5.41, 5.74) is 0. The second-order valence-electron chi connectivity index (χ2n) is 4.98. The Morgan fingerprint density at radius 3 is 2.14 bits per heavy atom. The molecule has 0 aliphatic heterocycles. The molecular weight excluding hydrogens is 174 g/mol. The topological polar surface area (TPSA) is 32.3 Å². The number of hydrogen-bond acceptors (Lipinski definition) is 2. The fourth-order valence-corrected chi connectivity index (χ4v) is 2.60. The first-order chi connectivity index (χ1) is 6.90. The molecule has 2 N–H and O–H groups in total. The van der Waals surface area contributed by atoms with Crippen LogP contribution in [0.25, 0.3) is 0 Å². The Morgan fingerprint density at radius 2 is 1.64 bits per heavy atom. The van der Waals surface area contributed by atoms with Crippen LogP contribution in [-0.2, 0) is 0 Å². The average Bonchev–Trinajstić information content (AvgIpc) is 3.01. The number of rotatable bonds is 4. The average molecular weight is 197 g/mol. The van der Waals surface area contributed by atoms with Gasteiger partial charge in [0.1, 0.15) is 0 Å². The van der Waals surface area contributed by atoms with Gasteiger partial charge in [0.2, 0.25) is 0 Å². The van der Waals surface area contributed by atoms with Crippen molar-refractivity contribution in [2.45, 2.75) is 63.5 Å². The maximum Gasteiger partial charge on any atom is 0.0587 e. The Balaban J connectivity index is 1.80. The summed E-state index contributed by atoms with van der Waals surface area (Å²) in [6.45, 7) is 0.334. The van der Waals surface area contributed by atoms with Crippen molar-refractivity contribution >= 4 is 0 Å². The van der Waals surface area contributed by atoms with Crippen LogP contribution in [0.4, 0.5) is 0 Å². The molecular formula is C12H23NO. The molecule has 0 aromatic carbocycles. The molecule has 0 aromatic heterocycles. The van der Waals surface area contributed by atoms with E-state index in [-0.39, 0.29) is 0 Å². The van der Waals surface area contributed by atoms with Crippen molar-refractivity contribution in [2.24, 2.45) is 5.92 Å². The molecule has 0 aromatic rings. The van der Waals surface area contributed by atoms with Crippen LogP contribution in [-0.4, -0.2) is 23.8 Å². The van der Waals surface area contributed by atoms with E-state index >= 15 is 0 Å². The summed E-state index contributed by atoms with van der Waals surface area (Å²) in [7, 11) is 0. The molecule has 2 aliphatic rings. The minimum Gasteiger partial charge on any atom is -0.395 e. The van der Waals surface area contributed by atoms with Gasteiger partial charge in [-0.1, -0.05) is 25.7 Å². The third-order valence-electron chi connectivity index (χ3n) is 3.69. The summed E-state index contributed by atoms with van der Waals surface area (Å²) in [4.78, 5) is 0. The number of aliphatic hydroxyl groups is 1. The number of aliphatic hydroxyl groups excluding tert-OH is 1. The number of nitrogens with one attached hydrogen (secondary N) is 1. The molecule has 0 heterocycles. The van der Waals surface area contributed by atoms with Gasteiger partial charge in [-0.05, 0) is 31.6 Å². The second-order valence-corrected chi connectivity index (χ2v) is 4.98. The maximum atomic E-state index is 9.38. The SMILES string of the molecule is OCC(NC1CC1)C1CCCCCC1. The van der Waals surface area contributed by atoms with Crippen molar-refractivity contribution in [1.29, 1.82) is 0 Å². The van der Waals surface area contributed by atoms with Gasteiger partial charge in [-0.15, -0.1) is 0 Å². The summed E-state index contributed by atoms with van der Waals surface area (Å²) in [6, 6.07) is 1.12. The van der Waals surface area contributed by atoms with Gasteiger partial charge >= 0.3 is 0 Å². The lowest BCUT2D eigenvalue weighted by Gasteiger charge is -2.25. The lowest BCUT2D eigenvalue weighted by molar-refractivity contribution is 0.186. The third kappa shape index (κ3) is 2.96. The van der Waals surface area contributed by atoms with Gasteiger partial charge in [0.05, 0.1) is 6.61 Å². The molecule has 0 bridgehead atoms. The highest BCUT2D eigenvalue weighted by atomic mass is 16.3. The van der Waals surface area contributed by atoms with Crippen molar-refractivity contribution in [2.75, 3.05) is 6.61 Å². The predicted molar refractivity (Wildman–Crippen MR) is 58.2 cm³/mol. The minimum absolute atomic E-state index is 0.334. The smallest absolute Gasteiger partial charge is 0.0587 e. The lowest BCUT2D eigenvalue weighted by atomic mass is 9.92. The van der Waals surface area contributed by atoms with E-state index < -0.39 is 0 Å². The normalized spacial score (nSPS) is 27.2. The van der Waals surface area contributed by atoms with E-state index in [1.54, 1.807) is 0 Å². The Hall–Kier alpha value is -0.0800. The van der Waals surface area contributed by atoms with Crippen LogP contribution in [0.3, 0.4) is 0 Å². The van der Waals surface area contributed by atoms with Crippen LogP contribution in [0.2, 0.25) is 0 Å². The Bertz CT molecular complexity index is 160. The van der Waals surface area contributed by atoms with E-state index in [1.807, 2.05) is 0 Å². The summed E-state index contributed by atoms with van der Waals surface area (Å²) in [5, 5.41) is 13.0. The van der Waals surface area contributed by atoms with E-state index in [0.29, 0.717) is 12.6 Å². The van der Waals surface area contributed by atoms with E-state index in [4.69, 9.17) is 0 Å². The van der Waals surface area contributed by atoms with Crippen LogP contribution in [0.15, 0.2) is 0 Å². The molecule has 2 saturated carbocycles. The minimum atomic E-state index is 0.334. The lowest BCUT2D eigenvalue weighted by Crippen LogP contribution is -2.40. The molecule has 82 valence electrons. The molecule has 1 unspecified atom stereocenters. The third-order valence-corrected chi connectivity index (χ3v) is 3.69. The van der Waals surface area contributed by atoms with Crippen LogP contribution >= 0.6 is 0 Å². The van der Waals surface area contributed by atoms with Gasteiger partial charge in [-0.25, -0.2) is 0 Å². The van der Waals surface area contributed by atoms with Gasteiger partial charge in [-0.2, -0.15) is 0 Å². The zero-order chi connectivity index (χ0) is 9.80. The van der Waals surface area contributed by atoms with Crippen LogP contribution < -0.4 is 5.32 Å². The predicted octanol–water partition coefficient (Wildman–Crippen LogP) is 2.07. The largest absolute Gasteiger partial charge is 0.395 e. The first kappa shape index (κ1) is 10.4. The standard InChI is InChI=1S/C12H23NO/c14-9-12(13-11-7-8-11)10-5-3-1-2-4-6-10/h10-14H,1-9H2. The van der Waals surface area contributed by atoms with Crippen LogP contribution in [0, 0.1) is 5.92 Å². The molecule has 2 nitrogen and oxygen atoms in total. The second kappa shape index (κ2) is 5.13. The van der Waals surface area contributed by atoms with Gasteiger partial charge in [0, 0.05) is 12.1 Å². The molecule has 2 fully saturated rings. The molecule has 0 spiro atoms. The van der Waals surface area contributed by atoms with Gasteiger partial charge in [0.15, 0.2) is 0 Å². The maximum absolute atomic E-state index is 9.38. The quantitative estimate of drug-likeness (QED) is 0.676. The van der Waals surface area contributed by atoms with Gasteiger partial charge in [-0.3, -0.25) is 0 Å². The Morgan fingerprint density at radius 1 is 1.00 bits per heavy atom. The highest BCUT2D eigenvalue weighted by Crippen LogP contribution is 2.28. The fourth-order valence-electron chi connectivity index (χ4n) is 2.60. The molecule has 0 amide bonds. The molecule has 2 rings (SSSR count). The van der Waals surface area contributed by atoms with Gasteiger partial charge < -0.3 is 10.4 Å². The summed E-state index contributed by atoms with van der Waals surface area (Å²) < 4.78 is 0. The van der Waals surface area contributed by atoms with Crippen molar-refractivity contribution in [3.63, 3.8) is 0 Å². The van der Waals surface area contributed by atoms with Crippen LogP contribution in [0.1, 0.15) is 51.4 Å². The van der Waals surface area contributed by atoms with Crippen LogP contribution in [0.5, 0.6) is 0 Å². The summed E-state index contributed by atoms with van der Waals surface area (Å²) in [6.07, 6.45) is 10.8. The van der Waals surface area contributed by atoms with E-state index in [2.05, 4.69) is 5.32 Å². The molecule has 2 heteroatoms. The zero-order valence-electron chi connectivity index (χ0n) is 9.04. The van der Waals surface area contributed by atoms with Gasteiger partial charge in [0.25, 0.3) is 0 Å². The van der Waals surface area contributed by atoms with E-state index in [0.717, 1.165) is 12.0 Å². The van der Waals surface area contributed by atoms with Crippen molar-refractivity contribution in [3.05, 3.63) is 0 Å². The van der Waals surface area contributed by atoms with Crippen molar-refractivity contribution < 1.29 is 5.11 Å². The summed E-state index contributed by atoms with van der Waals surface area (Å²) in [5.74, 6) is 0.739. The molecule has 0 radical (unpaired) electrons. The molecule has 14 heavy (non-hydrogen) atoms. The number of hydrogen-bond donors (Lipinski definition) is 2. The van der Waals surface area contributed by atoms with Crippen molar-refractivity contribution in [1.82, 2.24) is 5.32 Å². The summed E-state index contributed by atoms with van der Waals surface area (Å²) >= 11 is 0. The molecule has 2 aliphatic carbocycles. The fraction of sp³-hybridized carbons (Fsp3) is 1.00. The highest BCUT2D eigenvalue weighted by Gasteiger charge is 2.28. The van der Waals surface area contributed by atoms with E-state index in [9.17, 15) is 5.11 Å².